The first-order valence-electron chi connectivity index (χ1n) is 9.54. The Morgan fingerprint density at radius 1 is 1.40 bits per heavy atom. The third-order valence-electron chi connectivity index (χ3n) is 5.73. The molecule has 1 aromatic carbocycles. The summed E-state index contributed by atoms with van der Waals surface area (Å²) in [4.78, 5) is 41.1. The van der Waals surface area contributed by atoms with Gasteiger partial charge in [0.05, 0.1) is 33.7 Å². The quantitative estimate of drug-likeness (QED) is 0.412. The van der Waals surface area contributed by atoms with E-state index in [0.717, 1.165) is 24.5 Å². The average molecular weight is 431 g/mol. The van der Waals surface area contributed by atoms with Gasteiger partial charge in [-0.1, -0.05) is 11.6 Å². The number of hydrogen-bond acceptors (Lipinski definition) is 6. The average Bonchev–Trinajstić information content (AvgIpc) is 3.30. The highest BCUT2D eigenvalue weighted by molar-refractivity contribution is 6.38. The van der Waals surface area contributed by atoms with E-state index in [1.54, 1.807) is 9.47 Å². The van der Waals surface area contributed by atoms with Crippen LogP contribution in [0.25, 0.3) is 10.9 Å². The lowest BCUT2D eigenvalue weighted by molar-refractivity contribution is -0.465. The smallest absolute Gasteiger partial charge is 0.266 e. The van der Waals surface area contributed by atoms with E-state index in [0.29, 0.717) is 18.6 Å². The summed E-state index contributed by atoms with van der Waals surface area (Å²) in [5.74, 6) is -1.47. The van der Waals surface area contributed by atoms with Crippen molar-refractivity contribution < 1.29 is 14.1 Å². The number of fused-ring (bicyclic) bond motifs is 2. The van der Waals surface area contributed by atoms with E-state index in [-0.39, 0.29) is 33.6 Å². The number of carbonyl (C=O) groups is 1. The molecular weight excluding hydrogens is 415 g/mol. The van der Waals surface area contributed by atoms with E-state index in [1.165, 1.54) is 6.20 Å². The number of nitro groups is 1. The molecule has 1 atom stereocenters. The van der Waals surface area contributed by atoms with Gasteiger partial charge in [0.25, 0.3) is 6.54 Å². The number of rotatable bonds is 5. The van der Waals surface area contributed by atoms with Crippen molar-refractivity contribution in [2.75, 3.05) is 24.5 Å². The van der Waals surface area contributed by atoms with E-state index in [9.17, 15) is 19.7 Å². The topological polar surface area (TPSA) is 97.8 Å². The lowest BCUT2D eigenvalue weighted by Crippen LogP contribution is -2.25. The molecule has 1 saturated carbocycles. The van der Waals surface area contributed by atoms with Crippen molar-refractivity contribution in [1.29, 1.82) is 0 Å². The predicted molar refractivity (Wildman–Crippen MR) is 110 cm³/mol. The van der Waals surface area contributed by atoms with E-state index in [2.05, 4.69) is 4.99 Å². The minimum absolute atomic E-state index is 0.00881. The molecule has 0 spiro atoms. The molecule has 3 aliphatic rings. The summed E-state index contributed by atoms with van der Waals surface area (Å²) in [6.45, 7) is 0.0841. The molecule has 8 nitrogen and oxygen atoms in total. The molecule has 0 amide bonds. The molecule has 154 valence electrons. The fourth-order valence-electron chi connectivity index (χ4n) is 4.16. The number of pyridine rings is 1. The maximum atomic E-state index is 15.1. The molecule has 1 fully saturated rings. The zero-order valence-electron chi connectivity index (χ0n) is 15.7. The Morgan fingerprint density at radius 2 is 2.17 bits per heavy atom. The number of nitrogens with zero attached hydrogens (tertiary/aromatic N) is 4. The third-order valence-corrected chi connectivity index (χ3v) is 6.09. The van der Waals surface area contributed by atoms with Crippen LogP contribution in [-0.4, -0.2) is 41.1 Å². The van der Waals surface area contributed by atoms with Gasteiger partial charge in [0, 0.05) is 42.0 Å². The Morgan fingerprint density at radius 3 is 2.83 bits per heavy atom. The maximum absolute atomic E-state index is 15.1. The van der Waals surface area contributed by atoms with Crippen LogP contribution in [0.1, 0.15) is 29.2 Å². The van der Waals surface area contributed by atoms with Crippen molar-refractivity contribution in [3.63, 3.8) is 0 Å². The molecule has 3 heterocycles. The highest BCUT2D eigenvalue weighted by atomic mass is 35.5. The SMILES string of the molecule is O=C(C[N+](=O)[O-])c1cn(C2CC2)c2c(Cl)c(N3C=C4CN=CC4C3)c(F)cc2c1=O. The van der Waals surface area contributed by atoms with Crippen LogP contribution in [0.5, 0.6) is 0 Å². The minimum Gasteiger partial charge on any atom is -0.343 e. The van der Waals surface area contributed by atoms with Crippen molar-refractivity contribution in [2.24, 2.45) is 10.9 Å². The number of aromatic nitrogens is 1. The minimum atomic E-state index is -0.996. The summed E-state index contributed by atoms with van der Waals surface area (Å²) in [6.07, 6.45) is 6.65. The van der Waals surface area contributed by atoms with Crippen LogP contribution in [0, 0.1) is 21.8 Å². The van der Waals surface area contributed by atoms with Gasteiger partial charge in [-0.25, -0.2) is 4.39 Å². The van der Waals surface area contributed by atoms with Crippen LogP contribution < -0.4 is 10.3 Å². The van der Waals surface area contributed by atoms with Crippen molar-refractivity contribution in [3.05, 3.63) is 60.8 Å². The summed E-state index contributed by atoms with van der Waals surface area (Å²) >= 11 is 6.65. The predicted octanol–water partition coefficient (Wildman–Crippen LogP) is 2.99. The Hall–Kier alpha value is -3.07. The van der Waals surface area contributed by atoms with E-state index in [4.69, 9.17) is 11.6 Å². The van der Waals surface area contributed by atoms with Crippen molar-refractivity contribution in [2.45, 2.75) is 18.9 Å². The molecule has 0 saturated heterocycles. The van der Waals surface area contributed by atoms with Crippen molar-refractivity contribution in [1.82, 2.24) is 4.57 Å². The van der Waals surface area contributed by atoms with E-state index in [1.807, 2.05) is 12.4 Å². The van der Waals surface area contributed by atoms with Crippen LogP contribution in [-0.2, 0) is 0 Å². The molecule has 1 aromatic heterocycles. The number of halogens is 2. The molecular formula is C20H16ClFN4O4. The van der Waals surface area contributed by atoms with Gasteiger partial charge >= 0.3 is 0 Å². The molecule has 1 unspecified atom stereocenters. The molecule has 2 aliphatic heterocycles. The molecule has 30 heavy (non-hydrogen) atoms. The summed E-state index contributed by atoms with van der Waals surface area (Å²) in [5.41, 5.74) is 0.541. The first-order valence-corrected chi connectivity index (χ1v) is 9.92. The van der Waals surface area contributed by atoms with Crippen LogP contribution in [0.2, 0.25) is 5.02 Å². The Bertz CT molecular complexity index is 1250. The molecule has 0 bridgehead atoms. The monoisotopic (exact) mass is 430 g/mol. The summed E-state index contributed by atoms with van der Waals surface area (Å²) < 4.78 is 16.8. The van der Waals surface area contributed by atoms with Crippen molar-refractivity contribution >= 4 is 40.2 Å². The summed E-state index contributed by atoms with van der Waals surface area (Å²) in [7, 11) is 0. The Labute approximate surface area is 174 Å². The normalized spacial score (nSPS) is 20.0. The third kappa shape index (κ3) is 2.92. The first kappa shape index (κ1) is 18.9. The van der Waals surface area contributed by atoms with E-state index >= 15 is 4.39 Å². The number of hydrogen-bond donors (Lipinski definition) is 0. The number of carbonyl (C=O) groups excluding carboxylic acids is 1. The largest absolute Gasteiger partial charge is 0.343 e. The van der Waals surface area contributed by atoms with Crippen molar-refractivity contribution in [3.8, 4) is 0 Å². The Kier molecular flexibility index (Phi) is 4.25. The molecule has 0 radical (unpaired) electrons. The molecule has 5 rings (SSSR count). The summed E-state index contributed by atoms with van der Waals surface area (Å²) in [6, 6.07) is 1.09. The highest BCUT2D eigenvalue weighted by Gasteiger charge is 2.33. The van der Waals surface area contributed by atoms with Gasteiger partial charge in [-0.3, -0.25) is 24.7 Å². The molecule has 2 aromatic rings. The lowest BCUT2D eigenvalue weighted by Gasteiger charge is -2.22. The zero-order valence-corrected chi connectivity index (χ0v) is 16.4. The second-order valence-corrected chi connectivity index (χ2v) is 8.17. The first-order chi connectivity index (χ1) is 14.3. The van der Waals surface area contributed by atoms with Gasteiger partial charge in [0.2, 0.25) is 11.2 Å². The number of benzene rings is 1. The Balaban J connectivity index is 1.71. The van der Waals surface area contributed by atoms with Gasteiger partial charge in [-0.15, -0.1) is 0 Å². The van der Waals surface area contributed by atoms with Gasteiger partial charge in [0.1, 0.15) is 5.82 Å². The second kappa shape index (κ2) is 6.73. The second-order valence-electron chi connectivity index (χ2n) is 7.79. The number of anilines is 1. The highest BCUT2D eigenvalue weighted by Crippen LogP contribution is 2.43. The van der Waals surface area contributed by atoms with Crippen LogP contribution >= 0.6 is 11.6 Å². The number of Topliss-reactive ketones (excluding diaryl/α,β-unsaturated/α-hetero) is 1. The standard InChI is InChI=1S/C20H16ClFN4O4/c21-17-18-13(3-15(22)19(17)24-6-10-4-23-5-11(10)7-24)20(28)14(16(27)9-26(29)30)8-25(18)12-1-2-12/h3-4,7-8,10,12H,1-2,5-6,9H2. The van der Waals surface area contributed by atoms with E-state index < -0.39 is 28.5 Å². The fourth-order valence-corrected chi connectivity index (χ4v) is 4.55. The zero-order chi connectivity index (χ0) is 21.2. The van der Waals surface area contributed by atoms with Gasteiger partial charge in [-0.2, -0.15) is 0 Å². The van der Waals surface area contributed by atoms with Gasteiger partial charge in [0.15, 0.2) is 0 Å². The number of ketones is 1. The lowest BCUT2D eigenvalue weighted by atomic mass is 10.1. The number of aliphatic imine (C=N–C) groups is 1. The molecule has 1 aliphatic carbocycles. The molecule has 0 N–H and O–H groups in total. The van der Waals surface area contributed by atoms with Crippen LogP contribution in [0.4, 0.5) is 10.1 Å². The van der Waals surface area contributed by atoms with Gasteiger partial charge in [-0.05, 0) is 24.5 Å². The van der Waals surface area contributed by atoms with Crippen LogP contribution in [0.3, 0.4) is 0 Å². The fraction of sp³-hybridized carbons (Fsp3) is 0.350. The maximum Gasteiger partial charge on any atom is 0.266 e. The summed E-state index contributed by atoms with van der Waals surface area (Å²) in [5, 5.41) is 10.8. The molecule has 10 heteroatoms. The van der Waals surface area contributed by atoms with Gasteiger partial charge < -0.3 is 9.47 Å². The van der Waals surface area contributed by atoms with Crippen LogP contribution in [0.15, 0.2) is 33.8 Å².